The molecule has 0 aliphatic carbocycles. The largest absolute Gasteiger partial charge is 0.490 e. The van der Waals surface area contributed by atoms with Crippen LogP contribution in [0, 0.1) is 0 Å². The number of benzene rings is 1. The Morgan fingerprint density at radius 1 is 0.968 bits per heavy atom. The summed E-state index contributed by atoms with van der Waals surface area (Å²) in [4.78, 5) is 21.1. The third-order valence-corrected chi connectivity index (χ3v) is 6.46. The lowest BCUT2D eigenvalue weighted by molar-refractivity contribution is 0.0535. The second kappa shape index (κ2) is 11.1. The van der Waals surface area contributed by atoms with Gasteiger partial charge in [-0.05, 0) is 56.2 Å². The molecule has 2 saturated heterocycles. The van der Waals surface area contributed by atoms with Crippen molar-refractivity contribution in [1.29, 1.82) is 0 Å². The number of aromatic nitrogens is 1. The molecule has 1 N–H and O–H groups in total. The quantitative estimate of drug-likeness (QED) is 0.691. The fourth-order valence-electron chi connectivity index (χ4n) is 4.65. The van der Waals surface area contributed by atoms with Gasteiger partial charge < -0.3 is 15.0 Å². The first-order valence-corrected chi connectivity index (χ1v) is 11.7. The molecule has 166 valence electrons. The molecule has 0 unspecified atom stereocenters. The maximum absolute atomic E-state index is 12.5. The predicted octanol–water partition coefficient (Wildman–Crippen LogP) is 3.73. The van der Waals surface area contributed by atoms with Crippen LogP contribution in [0.4, 0.5) is 4.79 Å². The number of carbonyl (C=O) groups is 1. The highest BCUT2D eigenvalue weighted by atomic mass is 16.5. The van der Waals surface area contributed by atoms with Gasteiger partial charge in [0.25, 0.3) is 0 Å². The Balaban J connectivity index is 1.11. The minimum absolute atomic E-state index is 0.0935. The molecule has 0 radical (unpaired) electrons. The predicted molar refractivity (Wildman–Crippen MR) is 122 cm³/mol. The first kappa shape index (κ1) is 21.6. The fraction of sp³-hybridized carbons (Fsp3) is 0.520. The zero-order chi connectivity index (χ0) is 21.3. The van der Waals surface area contributed by atoms with E-state index in [0.717, 1.165) is 77.0 Å². The van der Waals surface area contributed by atoms with Crippen LogP contribution in [0.15, 0.2) is 54.9 Å². The number of urea groups is 1. The Bertz CT molecular complexity index is 786. The molecule has 2 fully saturated rings. The van der Waals surface area contributed by atoms with Crippen LogP contribution in [0.25, 0.3) is 0 Å². The molecule has 0 atom stereocenters. The Kier molecular flexibility index (Phi) is 7.77. The van der Waals surface area contributed by atoms with Crippen molar-refractivity contribution in [3.8, 4) is 5.75 Å². The highest BCUT2D eigenvalue weighted by Crippen LogP contribution is 2.23. The summed E-state index contributed by atoms with van der Waals surface area (Å²) < 4.78 is 6.09. The van der Waals surface area contributed by atoms with Gasteiger partial charge in [-0.15, -0.1) is 0 Å². The van der Waals surface area contributed by atoms with Gasteiger partial charge in [0.1, 0.15) is 11.9 Å². The van der Waals surface area contributed by atoms with Gasteiger partial charge in [0.15, 0.2) is 0 Å². The van der Waals surface area contributed by atoms with Crippen LogP contribution in [0.2, 0.25) is 0 Å². The number of carbonyl (C=O) groups excluding carboxylic acids is 1. The van der Waals surface area contributed by atoms with Crippen molar-refractivity contribution < 1.29 is 9.53 Å². The molecule has 6 nitrogen and oxygen atoms in total. The molecule has 2 aliphatic rings. The van der Waals surface area contributed by atoms with E-state index in [1.165, 1.54) is 5.56 Å². The second-order valence-corrected chi connectivity index (χ2v) is 8.58. The zero-order valence-corrected chi connectivity index (χ0v) is 18.3. The van der Waals surface area contributed by atoms with E-state index in [-0.39, 0.29) is 6.03 Å². The average molecular weight is 423 g/mol. The van der Waals surface area contributed by atoms with Crippen LogP contribution >= 0.6 is 0 Å². The Morgan fingerprint density at radius 2 is 1.68 bits per heavy atom. The number of ether oxygens (including phenoxy) is 1. The zero-order valence-electron chi connectivity index (χ0n) is 18.3. The van der Waals surface area contributed by atoms with Crippen molar-refractivity contribution in [2.45, 2.75) is 50.7 Å². The summed E-state index contributed by atoms with van der Waals surface area (Å²) in [5.41, 5.74) is 1.33. The van der Waals surface area contributed by atoms with E-state index in [1.54, 1.807) is 12.4 Å². The average Bonchev–Trinajstić information content (AvgIpc) is 2.84. The molecular weight excluding hydrogens is 388 g/mol. The summed E-state index contributed by atoms with van der Waals surface area (Å²) in [6.45, 7) is 4.59. The molecule has 4 rings (SSSR count). The smallest absolute Gasteiger partial charge is 0.317 e. The molecule has 0 spiro atoms. The molecule has 1 aromatic heterocycles. The van der Waals surface area contributed by atoms with E-state index >= 15 is 0 Å². The van der Waals surface area contributed by atoms with Crippen molar-refractivity contribution in [3.05, 3.63) is 60.4 Å². The number of aryl methyl sites for hydroxylation is 1. The number of likely N-dealkylation sites (tertiary alicyclic amines) is 2. The van der Waals surface area contributed by atoms with Crippen LogP contribution < -0.4 is 10.1 Å². The summed E-state index contributed by atoms with van der Waals surface area (Å²) in [5, 5.41) is 3.10. The number of pyridine rings is 1. The topological polar surface area (TPSA) is 57.7 Å². The highest BCUT2D eigenvalue weighted by molar-refractivity contribution is 5.74. The lowest BCUT2D eigenvalue weighted by Crippen LogP contribution is -2.51. The maximum atomic E-state index is 12.5. The van der Waals surface area contributed by atoms with Gasteiger partial charge in [-0.2, -0.15) is 0 Å². The third-order valence-electron chi connectivity index (χ3n) is 6.46. The van der Waals surface area contributed by atoms with Gasteiger partial charge in [-0.25, -0.2) is 4.79 Å². The number of hydrogen-bond acceptors (Lipinski definition) is 4. The Hall–Kier alpha value is -2.60. The van der Waals surface area contributed by atoms with E-state index in [1.807, 2.05) is 23.1 Å². The van der Waals surface area contributed by atoms with E-state index in [0.29, 0.717) is 12.1 Å². The van der Waals surface area contributed by atoms with Crippen LogP contribution in [0.1, 0.15) is 37.7 Å². The van der Waals surface area contributed by atoms with Crippen molar-refractivity contribution in [3.63, 3.8) is 0 Å². The SMILES string of the molecule is O=C(NCCCc1ccccc1)N1CCC(N2CCC(Oc3ccncc3)CC2)CC1. The molecular formula is C25H34N4O2. The van der Waals surface area contributed by atoms with Crippen molar-refractivity contribution in [2.75, 3.05) is 32.7 Å². The van der Waals surface area contributed by atoms with Gasteiger partial charge in [0.2, 0.25) is 0 Å². The van der Waals surface area contributed by atoms with E-state index in [2.05, 4.69) is 39.5 Å². The maximum Gasteiger partial charge on any atom is 0.317 e. The fourth-order valence-corrected chi connectivity index (χ4v) is 4.65. The third kappa shape index (κ3) is 6.44. The minimum Gasteiger partial charge on any atom is -0.490 e. The number of amides is 2. The van der Waals surface area contributed by atoms with E-state index in [9.17, 15) is 4.79 Å². The molecule has 6 heteroatoms. The summed E-state index contributed by atoms with van der Waals surface area (Å²) in [7, 11) is 0. The molecule has 31 heavy (non-hydrogen) atoms. The summed E-state index contributed by atoms with van der Waals surface area (Å²) >= 11 is 0. The van der Waals surface area contributed by atoms with Gasteiger partial charge in [0.05, 0.1) is 0 Å². The lowest BCUT2D eigenvalue weighted by atomic mass is 9.99. The number of nitrogens with zero attached hydrogens (tertiary/aromatic N) is 3. The van der Waals surface area contributed by atoms with Crippen LogP contribution in [0.5, 0.6) is 5.75 Å². The first-order valence-electron chi connectivity index (χ1n) is 11.7. The molecule has 2 amide bonds. The molecule has 0 saturated carbocycles. The standard InChI is InChI=1S/C25H34N4O2/c30-25(27-14-4-7-21-5-2-1-3-6-21)29-17-10-22(11-18-29)28-19-12-24(13-20-28)31-23-8-15-26-16-9-23/h1-3,5-6,8-9,15-16,22,24H,4,7,10-14,17-20H2,(H,27,30). The van der Waals surface area contributed by atoms with Gasteiger partial charge >= 0.3 is 6.03 Å². The highest BCUT2D eigenvalue weighted by Gasteiger charge is 2.30. The molecule has 0 bridgehead atoms. The molecule has 1 aromatic carbocycles. The second-order valence-electron chi connectivity index (χ2n) is 8.58. The lowest BCUT2D eigenvalue weighted by Gasteiger charge is -2.41. The Morgan fingerprint density at radius 3 is 2.39 bits per heavy atom. The van der Waals surface area contributed by atoms with Crippen molar-refractivity contribution in [1.82, 2.24) is 20.1 Å². The van der Waals surface area contributed by atoms with E-state index in [4.69, 9.17) is 4.74 Å². The van der Waals surface area contributed by atoms with Gasteiger partial charge in [-0.1, -0.05) is 30.3 Å². The van der Waals surface area contributed by atoms with E-state index < -0.39 is 0 Å². The molecule has 2 aliphatic heterocycles. The van der Waals surface area contributed by atoms with Crippen LogP contribution in [-0.4, -0.2) is 65.7 Å². The monoisotopic (exact) mass is 422 g/mol. The number of piperidine rings is 2. The van der Waals surface area contributed by atoms with Crippen LogP contribution in [0.3, 0.4) is 0 Å². The number of rotatable bonds is 7. The summed E-state index contributed by atoms with van der Waals surface area (Å²) in [6.07, 6.45) is 10.1. The summed E-state index contributed by atoms with van der Waals surface area (Å²) in [6, 6.07) is 15.0. The van der Waals surface area contributed by atoms with Gasteiger partial charge in [-0.3, -0.25) is 9.88 Å². The minimum atomic E-state index is 0.0935. The van der Waals surface area contributed by atoms with Gasteiger partial charge in [0, 0.05) is 51.2 Å². The molecule has 2 aromatic rings. The molecule has 3 heterocycles. The van der Waals surface area contributed by atoms with Crippen molar-refractivity contribution in [2.24, 2.45) is 0 Å². The first-order chi connectivity index (χ1) is 15.3. The van der Waals surface area contributed by atoms with Crippen LogP contribution in [-0.2, 0) is 6.42 Å². The number of hydrogen-bond donors (Lipinski definition) is 1. The van der Waals surface area contributed by atoms with Crippen molar-refractivity contribution >= 4 is 6.03 Å². The normalized spacial score (nSPS) is 18.6. The summed E-state index contributed by atoms with van der Waals surface area (Å²) in [5.74, 6) is 0.913. The Labute approximate surface area is 185 Å². The number of nitrogens with one attached hydrogen (secondary N) is 1.